The predicted molar refractivity (Wildman–Crippen MR) is 73.3 cm³/mol. The van der Waals surface area contributed by atoms with Gasteiger partial charge in [-0.1, -0.05) is 11.6 Å². The highest BCUT2D eigenvalue weighted by Crippen LogP contribution is 2.27. The number of pyridine rings is 2. The van der Waals surface area contributed by atoms with Crippen LogP contribution in [0.2, 0.25) is 5.15 Å². The minimum absolute atomic E-state index is 0.353. The lowest BCUT2D eigenvalue weighted by Crippen LogP contribution is -2.03. The summed E-state index contributed by atoms with van der Waals surface area (Å²) in [5, 5.41) is 1.66. The van der Waals surface area contributed by atoms with E-state index < -0.39 is 0 Å². The topological polar surface area (TPSA) is 56.0 Å². The van der Waals surface area contributed by atoms with E-state index in [0.717, 1.165) is 16.5 Å². The zero-order valence-corrected chi connectivity index (χ0v) is 10.8. The van der Waals surface area contributed by atoms with Gasteiger partial charge in [-0.2, -0.15) is 0 Å². The Morgan fingerprint density at radius 3 is 2.84 bits per heavy atom. The molecule has 0 aliphatic rings. The van der Waals surface area contributed by atoms with Crippen LogP contribution in [0.5, 0.6) is 0 Å². The van der Waals surface area contributed by atoms with Crippen LogP contribution in [0.1, 0.15) is 5.56 Å². The fraction of sp³-hybridized carbons (Fsp3) is 0.0714. The van der Waals surface area contributed by atoms with Gasteiger partial charge in [0.25, 0.3) is 0 Å². The second-order valence-electron chi connectivity index (χ2n) is 4.13. The van der Waals surface area contributed by atoms with Gasteiger partial charge in [0, 0.05) is 35.1 Å². The molecule has 0 saturated heterocycles. The van der Waals surface area contributed by atoms with E-state index in [0.29, 0.717) is 16.3 Å². The molecule has 3 aromatic rings. The number of hydrogen-bond acceptors (Lipinski definition) is 4. The van der Waals surface area contributed by atoms with E-state index in [1.54, 1.807) is 36.8 Å². The first-order chi connectivity index (χ1) is 9.16. The maximum atomic E-state index is 12.0. The van der Waals surface area contributed by atoms with Crippen LogP contribution in [0.15, 0.2) is 46.0 Å². The van der Waals surface area contributed by atoms with Gasteiger partial charge in [0.1, 0.15) is 10.9 Å². The highest BCUT2D eigenvalue weighted by Gasteiger charge is 2.12. The molecule has 0 bridgehead atoms. The standard InChI is InChI=1S/C14H9ClN2O2/c1-8-11-7-16-4-3-10(11)14(18)19-13(8)9-2-5-17-12(15)6-9/h2-7H,1H3. The fourth-order valence-corrected chi connectivity index (χ4v) is 2.21. The maximum absolute atomic E-state index is 12.0. The minimum atomic E-state index is -0.383. The van der Waals surface area contributed by atoms with Crippen molar-refractivity contribution in [2.24, 2.45) is 0 Å². The summed E-state index contributed by atoms with van der Waals surface area (Å²) in [5.74, 6) is 0.495. The van der Waals surface area contributed by atoms with Gasteiger partial charge < -0.3 is 4.42 Å². The van der Waals surface area contributed by atoms with E-state index in [1.165, 1.54) is 0 Å². The summed E-state index contributed by atoms with van der Waals surface area (Å²) < 4.78 is 5.39. The van der Waals surface area contributed by atoms with Crippen LogP contribution in [0.3, 0.4) is 0 Å². The second-order valence-corrected chi connectivity index (χ2v) is 4.52. The summed E-state index contributed by atoms with van der Waals surface area (Å²) in [7, 11) is 0. The van der Waals surface area contributed by atoms with Crippen molar-refractivity contribution in [1.29, 1.82) is 0 Å². The number of halogens is 1. The number of hydrogen-bond donors (Lipinski definition) is 0. The SMILES string of the molecule is Cc1c(-c2ccnc(Cl)c2)oc(=O)c2ccncc12. The first-order valence-corrected chi connectivity index (χ1v) is 6.04. The van der Waals surface area contributed by atoms with E-state index >= 15 is 0 Å². The minimum Gasteiger partial charge on any atom is -0.422 e. The first-order valence-electron chi connectivity index (χ1n) is 5.66. The predicted octanol–water partition coefficient (Wildman–Crippen LogP) is 3.21. The van der Waals surface area contributed by atoms with Crippen LogP contribution >= 0.6 is 11.6 Å². The van der Waals surface area contributed by atoms with Gasteiger partial charge in [-0.05, 0) is 25.1 Å². The molecule has 0 spiro atoms. The Hall–Kier alpha value is -2.20. The van der Waals surface area contributed by atoms with Crippen LogP contribution in [0, 0.1) is 6.92 Å². The van der Waals surface area contributed by atoms with Gasteiger partial charge in [-0.3, -0.25) is 4.98 Å². The molecule has 94 valence electrons. The van der Waals surface area contributed by atoms with E-state index in [2.05, 4.69) is 9.97 Å². The molecule has 0 aliphatic carbocycles. The Bertz CT molecular complexity index is 827. The van der Waals surface area contributed by atoms with Crippen molar-refractivity contribution >= 4 is 22.4 Å². The van der Waals surface area contributed by atoms with Gasteiger partial charge >= 0.3 is 5.63 Å². The second kappa shape index (κ2) is 4.48. The summed E-state index contributed by atoms with van der Waals surface area (Å²) >= 11 is 5.86. The van der Waals surface area contributed by atoms with Gasteiger partial charge in [0.15, 0.2) is 0 Å². The zero-order valence-electron chi connectivity index (χ0n) is 10.1. The van der Waals surface area contributed by atoms with Gasteiger partial charge in [0.05, 0.1) is 5.39 Å². The summed E-state index contributed by atoms with van der Waals surface area (Å²) in [6.45, 7) is 1.89. The van der Waals surface area contributed by atoms with Crippen molar-refractivity contribution < 1.29 is 4.42 Å². The van der Waals surface area contributed by atoms with E-state index in [1.807, 2.05) is 6.92 Å². The number of fused-ring (bicyclic) bond motifs is 1. The monoisotopic (exact) mass is 272 g/mol. The average molecular weight is 273 g/mol. The van der Waals surface area contributed by atoms with E-state index in [9.17, 15) is 4.79 Å². The molecule has 3 aromatic heterocycles. The molecule has 0 aliphatic heterocycles. The number of aryl methyl sites for hydroxylation is 1. The maximum Gasteiger partial charge on any atom is 0.344 e. The third-order valence-electron chi connectivity index (χ3n) is 2.97. The molecule has 0 N–H and O–H groups in total. The summed E-state index contributed by atoms with van der Waals surface area (Å²) in [6, 6.07) is 5.06. The molecule has 0 fully saturated rings. The summed E-state index contributed by atoms with van der Waals surface area (Å²) in [5.41, 5.74) is 1.19. The Balaban J connectivity index is 2.37. The van der Waals surface area contributed by atoms with Crippen LogP contribution in [0.25, 0.3) is 22.1 Å². The smallest absolute Gasteiger partial charge is 0.344 e. The zero-order chi connectivity index (χ0) is 13.4. The molecule has 0 unspecified atom stereocenters. The Labute approximate surface area is 113 Å². The Morgan fingerprint density at radius 2 is 2.05 bits per heavy atom. The fourth-order valence-electron chi connectivity index (χ4n) is 2.04. The van der Waals surface area contributed by atoms with Crippen LogP contribution in [0.4, 0.5) is 0 Å². The lowest BCUT2D eigenvalue weighted by Gasteiger charge is -2.07. The number of aromatic nitrogens is 2. The van der Waals surface area contributed by atoms with Crippen molar-refractivity contribution in [2.75, 3.05) is 0 Å². The van der Waals surface area contributed by atoms with Crippen molar-refractivity contribution in [3.63, 3.8) is 0 Å². The molecule has 0 aromatic carbocycles. The number of rotatable bonds is 1. The summed E-state index contributed by atoms with van der Waals surface area (Å²) in [6.07, 6.45) is 4.81. The molecule has 3 heterocycles. The van der Waals surface area contributed by atoms with Crippen molar-refractivity contribution in [3.8, 4) is 11.3 Å². The van der Waals surface area contributed by atoms with Crippen molar-refractivity contribution in [1.82, 2.24) is 9.97 Å². The molecule has 0 saturated carbocycles. The molecule has 4 nitrogen and oxygen atoms in total. The van der Waals surface area contributed by atoms with Crippen molar-refractivity contribution in [3.05, 3.63) is 57.9 Å². The molecule has 0 radical (unpaired) electrons. The largest absolute Gasteiger partial charge is 0.422 e. The van der Waals surface area contributed by atoms with Gasteiger partial charge in [0.2, 0.25) is 0 Å². The van der Waals surface area contributed by atoms with Crippen LogP contribution in [-0.2, 0) is 0 Å². The molecule has 19 heavy (non-hydrogen) atoms. The molecule has 0 atom stereocenters. The lowest BCUT2D eigenvalue weighted by atomic mass is 10.1. The first kappa shape index (κ1) is 11.9. The highest BCUT2D eigenvalue weighted by molar-refractivity contribution is 6.29. The third kappa shape index (κ3) is 2.00. The summed E-state index contributed by atoms with van der Waals surface area (Å²) in [4.78, 5) is 19.9. The van der Waals surface area contributed by atoms with Crippen LogP contribution in [-0.4, -0.2) is 9.97 Å². The molecule has 0 amide bonds. The third-order valence-corrected chi connectivity index (χ3v) is 3.18. The molecular weight excluding hydrogens is 264 g/mol. The quantitative estimate of drug-likeness (QED) is 0.638. The van der Waals surface area contributed by atoms with E-state index in [4.69, 9.17) is 16.0 Å². The van der Waals surface area contributed by atoms with Gasteiger partial charge in [-0.25, -0.2) is 9.78 Å². The molecule has 5 heteroatoms. The highest BCUT2D eigenvalue weighted by atomic mass is 35.5. The Morgan fingerprint density at radius 1 is 1.21 bits per heavy atom. The molecular formula is C14H9ClN2O2. The number of nitrogens with zero attached hydrogens (tertiary/aromatic N) is 2. The molecule has 3 rings (SSSR count). The lowest BCUT2D eigenvalue weighted by molar-refractivity contribution is 0.531. The van der Waals surface area contributed by atoms with Crippen LogP contribution < -0.4 is 5.63 Å². The Kier molecular flexibility index (Phi) is 2.80. The normalized spacial score (nSPS) is 10.8. The van der Waals surface area contributed by atoms with E-state index in [-0.39, 0.29) is 5.63 Å². The average Bonchev–Trinajstić information content (AvgIpc) is 2.43. The van der Waals surface area contributed by atoms with Gasteiger partial charge in [-0.15, -0.1) is 0 Å². The van der Waals surface area contributed by atoms with Crippen molar-refractivity contribution in [2.45, 2.75) is 6.92 Å².